The van der Waals surface area contributed by atoms with Crippen LogP contribution < -0.4 is 4.90 Å². The second-order valence-corrected chi connectivity index (χ2v) is 14.6. The summed E-state index contributed by atoms with van der Waals surface area (Å²) in [5, 5.41) is 9.96. The average Bonchev–Trinajstić information content (AvgIpc) is 3.11. The van der Waals surface area contributed by atoms with Crippen LogP contribution in [0.15, 0.2) is 6.07 Å². The summed E-state index contributed by atoms with van der Waals surface area (Å²) >= 11 is 1.10. The predicted molar refractivity (Wildman–Crippen MR) is 134 cm³/mol. The maximum absolute atomic E-state index is 13.8. The third kappa shape index (κ3) is 6.72. The number of carbonyl (C=O) groups is 2. The average molecular weight is 494 g/mol. The van der Waals surface area contributed by atoms with Gasteiger partial charge in [-0.3, -0.25) is 9.36 Å². The Morgan fingerprint density at radius 1 is 1.15 bits per heavy atom. The molecule has 2 aliphatic rings. The summed E-state index contributed by atoms with van der Waals surface area (Å²) in [6.07, 6.45) is 4.62. The van der Waals surface area contributed by atoms with Gasteiger partial charge in [-0.15, -0.1) is 11.3 Å². The van der Waals surface area contributed by atoms with E-state index in [1.165, 1.54) is 0 Å². The molecule has 8 heteroatoms. The van der Waals surface area contributed by atoms with E-state index in [1.807, 2.05) is 20.8 Å². The van der Waals surface area contributed by atoms with Crippen LogP contribution in [0.3, 0.4) is 0 Å². The number of thiophene rings is 1. The van der Waals surface area contributed by atoms with Gasteiger partial charge in [0.15, 0.2) is 7.37 Å². The van der Waals surface area contributed by atoms with Crippen LogP contribution in [0.1, 0.15) is 80.8 Å². The molecule has 0 unspecified atom stereocenters. The van der Waals surface area contributed by atoms with Crippen molar-refractivity contribution in [2.45, 2.75) is 78.4 Å². The maximum Gasteiger partial charge on any atom is 0.348 e. The first kappa shape index (κ1) is 26.0. The minimum Gasteiger partial charge on any atom is -0.477 e. The number of hydrogen-bond acceptors (Lipinski definition) is 5. The highest BCUT2D eigenvalue weighted by molar-refractivity contribution is 7.57. The number of carbonyl (C=O) groups excluding carboxylic acids is 1. The molecular weight excluding hydrogens is 457 g/mol. The predicted octanol–water partition coefficient (Wildman–Crippen LogP) is 6.09. The van der Waals surface area contributed by atoms with Crippen LogP contribution in [0.2, 0.25) is 0 Å². The summed E-state index contributed by atoms with van der Waals surface area (Å²) in [6, 6.07) is 1.42. The van der Waals surface area contributed by atoms with Crippen LogP contribution in [0.5, 0.6) is 0 Å². The number of carboxylic acid groups (broad SMARTS) is 1. The lowest BCUT2D eigenvalue weighted by atomic mass is 9.80. The van der Waals surface area contributed by atoms with Gasteiger partial charge in [0.05, 0.1) is 22.7 Å². The van der Waals surface area contributed by atoms with E-state index in [0.717, 1.165) is 37.0 Å². The number of anilines is 1. The van der Waals surface area contributed by atoms with Gasteiger partial charge in [0.1, 0.15) is 4.88 Å². The van der Waals surface area contributed by atoms with Crippen molar-refractivity contribution in [3.63, 3.8) is 0 Å². The van der Waals surface area contributed by atoms with Gasteiger partial charge >= 0.3 is 5.97 Å². The first-order chi connectivity index (χ1) is 15.2. The van der Waals surface area contributed by atoms with E-state index in [9.17, 15) is 19.3 Å². The normalized spacial score (nSPS) is 25.5. The van der Waals surface area contributed by atoms with Gasteiger partial charge in [-0.2, -0.15) is 0 Å². The Balaban J connectivity index is 2.02. The van der Waals surface area contributed by atoms with Gasteiger partial charge in [0.25, 0.3) is 0 Å². The first-order valence-electron chi connectivity index (χ1n) is 11.7. The Labute approximate surface area is 201 Å². The van der Waals surface area contributed by atoms with Gasteiger partial charge in [-0.25, -0.2) is 4.79 Å². The second kappa shape index (κ2) is 9.94. The summed E-state index contributed by atoms with van der Waals surface area (Å²) in [7, 11) is -2.76. The van der Waals surface area contributed by atoms with E-state index in [4.69, 9.17) is 4.52 Å². The van der Waals surface area contributed by atoms with Crippen LogP contribution in [0.25, 0.3) is 0 Å². The van der Waals surface area contributed by atoms with Crippen LogP contribution in [-0.4, -0.2) is 42.5 Å². The number of amides is 1. The second-order valence-electron chi connectivity index (χ2n) is 10.8. The lowest BCUT2D eigenvalue weighted by molar-refractivity contribution is -0.125. The molecule has 1 amide bonds. The van der Waals surface area contributed by atoms with E-state index < -0.39 is 13.3 Å². The largest absolute Gasteiger partial charge is 0.477 e. The molecule has 0 radical (unpaired) electrons. The molecule has 6 nitrogen and oxygen atoms in total. The fraction of sp³-hybridized carbons (Fsp3) is 0.680. The van der Waals surface area contributed by atoms with Crippen molar-refractivity contribution < 1.29 is 23.8 Å². The summed E-state index contributed by atoms with van der Waals surface area (Å²) in [5.74, 6) is 5.60. The molecule has 1 aromatic heterocycles. The van der Waals surface area contributed by atoms with Gasteiger partial charge in [0, 0.05) is 24.7 Å². The van der Waals surface area contributed by atoms with Gasteiger partial charge in [0.2, 0.25) is 5.91 Å². The first-order valence-corrected chi connectivity index (χ1v) is 15.1. The molecule has 1 N–H and O–H groups in total. The minimum absolute atomic E-state index is 0.0436. The minimum atomic E-state index is -2.76. The van der Waals surface area contributed by atoms with Crippen molar-refractivity contribution in [3.8, 4) is 11.8 Å². The highest BCUT2D eigenvalue weighted by atomic mass is 32.1. The summed E-state index contributed by atoms with van der Waals surface area (Å²) in [5.41, 5.74) is 0.174. The van der Waals surface area contributed by atoms with Crippen molar-refractivity contribution >= 4 is 36.3 Å². The molecule has 0 aromatic carbocycles. The fourth-order valence-corrected chi connectivity index (χ4v) is 6.12. The molecule has 2 saturated carbocycles. The van der Waals surface area contributed by atoms with Crippen molar-refractivity contribution in [2.24, 2.45) is 17.3 Å². The zero-order valence-corrected chi connectivity index (χ0v) is 22.2. The van der Waals surface area contributed by atoms with E-state index in [0.29, 0.717) is 29.3 Å². The Morgan fingerprint density at radius 3 is 2.27 bits per heavy atom. The van der Waals surface area contributed by atoms with E-state index in [-0.39, 0.29) is 34.3 Å². The number of aromatic carboxylic acids is 1. The molecule has 2 fully saturated rings. The lowest BCUT2D eigenvalue weighted by Crippen LogP contribution is -2.56. The molecule has 33 heavy (non-hydrogen) atoms. The highest BCUT2D eigenvalue weighted by Gasteiger charge is 2.44. The Kier molecular flexibility index (Phi) is 7.83. The summed E-state index contributed by atoms with van der Waals surface area (Å²) in [4.78, 5) is 28.4. The molecule has 0 spiro atoms. The number of nitrogens with zero attached hydrogens (tertiary/aromatic N) is 1. The molecule has 1 heterocycles. The Morgan fingerprint density at radius 2 is 1.79 bits per heavy atom. The van der Waals surface area contributed by atoms with Crippen molar-refractivity contribution in [3.05, 3.63) is 15.8 Å². The third-order valence-electron chi connectivity index (χ3n) is 6.23. The molecule has 0 bridgehead atoms. The SMILES string of the molecule is CC1CCC(C(=O)N(c2cc(C#CC(C)(C)C)sc2C(=O)O)[C@@H]2CC[C@H]2OP(C)(C)=O)CC1. The molecule has 2 atom stereocenters. The molecule has 0 aliphatic heterocycles. The topological polar surface area (TPSA) is 83.9 Å². The smallest absolute Gasteiger partial charge is 0.348 e. The molecule has 0 saturated heterocycles. The van der Waals surface area contributed by atoms with Crippen LogP contribution in [-0.2, 0) is 13.9 Å². The van der Waals surface area contributed by atoms with Crippen molar-refractivity contribution in [2.75, 3.05) is 18.2 Å². The van der Waals surface area contributed by atoms with Crippen LogP contribution >= 0.6 is 18.7 Å². The van der Waals surface area contributed by atoms with Crippen LogP contribution in [0, 0.1) is 29.1 Å². The van der Waals surface area contributed by atoms with Crippen LogP contribution in [0.4, 0.5) is 5.69 Å². The van der Waals surface area contributed by atoms with Crippen molar-refractivity contribution in [1.29, 1.82) is 0 Å². The van der Waals surface area contributed by atoms with Crippen molar-refractivity contribution in [1.82, 2.24) is 0 Å². The van der Waals surface area contributed by atoms with Gasteiger partial charge < -0.3 is 14.5 Å². The van der Waals surface area contributed by atoms with E-state index in [2.05, 4.69) is 18.8 Å². The third-order valence-corrected chi connectivity index (χ3v) is 8.03. The zero-order chi connectivity index (χ0) is 24.6. The number of carboxylic acids is 1. The van der Waals surface area contributed by atoms with E-state index in [1.54, 1.807) is 24.3 Å². The quantitative estimate of drug-likeness (QED) is 0.383. The fourth-order valence-electron chi connectivity index (χ4n) is 4.39. The lowest BCUT2D eigenvalue weighted by Gasteiger charge is -2.45. The standard InChI is InChI=1S/C25H36NO5PS/c1-16-7-9-17(10-8-16)23(27)26(19-11-12-21(19)31-32(5,6)30)20-15-18(13-14-25(2,3)4)33-22(20)24(28)29/h15-17,19,21H,7-12H2,1-6H3,(H,28,29)/t16?,17?,19-,21-/m1/s1. The zero-order valence-electron chi connectivity index (χ0n) is 20.5. The maximum atomic E-state index is 13.8. The molecule has 2 aliphatic carbocycles. The summed E-state index contributed by atoms with van der Waals surface area (Å²) < 4.78 is 18.2. The van der Waals surface area contributed by atoms with E-state index >= 15 is 0 Å². The molecule has 182 valence electrons. The Bertz CT molecular complexity index is 1000. The molecule has 1 aromatic rings. The summed E-state index contributed by atoms with van der Waals surface area (Å²) in [6.45, 7) is 11.3. The van der Waals surface area contributed by atoms with Gasteiger partial charge in [-0.1, -0.05) is 18.8 Å². The number of hydrogen-bond donors (Lipinski definition) is 1. The molecular formula is C25H36NO5PS. The number of rotatable bonds is 6. The monoisotopic (exact) mass is 493 g/mol. The molecule has 3 rings (SSSR count). The Hall–Kier alpha value is -1.61. The highest BCUT2D eigenvalue weighted by Crippen LogP contribution is 2.47. The van der Waals surface area contributed by atoms with Gasteiger partial charge in [-0.05, 0) is 71.3 Å².